The SMILES string of the molecule is CC(C)(C)P(CC1CCCCC1P(C1C2CC3CC(C2)CC1C3)C1C2CC3CC(C2)CC1C3)C(C)(C)C. The molecule has 9 aliphatic rings. The highest BCUT2D eigenvalue weighted by Gasteiger charge is 2.59. The van der Waals surface area contributed by atoms with Gasteiger partial charge in [0.15, 0.2) is 0 Å². The molecule has 210 valence electrons. The van der Waals surface area contributed by atoms with Gasteiger partial charge in [0.1, 0.15) is 0 Å². The van der Waals surface area contributed by atoms with Crippen LogP contribution in [0.25, 0.3) is 0 Å². The number of hydrogen-bond acceptors (Lipinski definition) is 0. The molecule has 9 fully saturated rings. The lowest BCUT2D eigenvalue weighted by atomic mass is 9.55. The van der Waals surface area contributed by atoms with Crippen molar-refractivity contribution in [2.24, 2.45) is 53.3 Å². The van der Waals surface area contributed by atoms with Gasteiger partial charge in [-0.1, -0.05) is 70.2 Å². The van der Waals surface area contributed by atoms with Crippen molar-refractivity contribution in [3.05, 3.63) is 0 Å². The monoisotopic (exact) mass is 542 g/mol. The van der Waals surface area contributed by atoms with Crippen molar-refractivity contribution in [2.45, 2.75) is 159 Å². The van der Waals surface area contributed by atoms with Crippen molar-refractivity contribution >= 4 is 15.8 Å². The first-order chi connectivity index (χ1) is 17.5. The lowest BCUT2D eigenvalue weighted by Crippen LogP contribution is -2.54. The molecular weight excluding hydrogens is 482 g/mol. The predicted octanol–water partition coefficient (Wildman–Crippen LogP) is 10.8. The molecule has 0 N–H and O–H groups in total. The fourth-order valence-corrected chi connectivity index (χ4v) is 22.6. The van der Waals surface area contributed by atoms with Crippen molar-refractivity contribution in [2.75, 3.05) is 6.16 Å². The Morgan fingerprint density at radius 3 is 1.27 bits per heavy atom. The van der Waals surface area contributed by atoms with Gasteiger partial charge in [0.2, 0.25) is 0 Å². The van der Waals surface area contributed by atoms with Gasteiger partial charge < -0.3 is 0 Å². The highest BCUT2D eigenvalue weighted by Crippen LogP contribution is 2.75. The molecule has 0 heterocycles. The normalized spacial score (nSPS) is 49.7. The van der Waals surface area contributed by atoms with Gasteiger partial charge in [-0.3, -0.25) is 0 Å². The Morgan fingerprint density at radius 2 is 0.892 bits per heavy atom. The highest BCUT2D eigenvalue weighted by atomic mass is 31.1. The van der Waals surface area contributed by atoms with E-state index in [1.807, 2.05) is 0 Å². The fraction of sp³-hybridized carbons (Fsp3) is 1.00. The van der Waals surface area contributed by atoms with E-state index in [-0.39, 0.29) is 15.8 Å². The first-order valence-corrected chi connectivity index (χ1v) is 20.2. The summed E-state index contributed by atoms with van der Waals surface area (Å²) < 4.78 is 0. The van der Waals surface area contributed by atoms with E-state index in [0.29, 0.717) is 10.3 Å². The molecular formula is C35H60P2. The molecule has 2 atom stereocenters. The van der Waals surface area contributed by atoms with Gasteiger partial charge in [0.05, 0.1) is 0 Å². The molecule has 0 saturated heterocycles. The first-order valence-electron chi connectivity index (χ1n) is 17.1. The van der Waals surface area contributed by atoms with E-state index in [1.54, 1.807) is 96.1 Å². The molecule has 0 amide bonds. The number of hydrogen-bond donors (Lipinski definition) is 0. The summed E-state index contributed by atoms with van der Waals surface area (Å²) >= 11 is 0. The topological polar surface area (TPSA) is 0 Å². The second-order valence-electron chi connectivity index (χ2n) is 17.9. The molecule has 9 saturated carbocycles. The molecule has 2 heteroatoms. The molecule has 37 heavy (non-hydrogen) atoms. The second kappa shape index (κ2) is 9.71. The predicted molar refractivity (Wildman–Crippen MR) is 166 cm³/mol. The smallest absolute Gasteiger partial charge is 0.0147 e. The standard InChI is InChI=1S/C35H60P2/c1-34(2,3)36(35(4,5)6)21-26-9-7-8-10-31(26)37(32-27-13-22-11-23(15-27)16-28(32)14-22)33-29-17-24-12-25(19-29)20-30(33)18-24/h22-33H,7-21H2,1-6H3. The van der Waals surface area contributed by atoms with Crippen molar-refractivity contribution in [1.82, 2.24) is 0 Å². The maximum Gasteiger partial charge on any atom is -0.0147 e. The maximum absolute atomic E-state index is 2.60. The molecule has 0 aromatic rings. The molecule has 2 unspecified atom stereocenters. The van der Waals surface area contributed by atoms with Gasteiger partial charge in [-0.2, -0.15) is 0 Å². The van der Waals surface area contributed by atoms with E-state index < -0.39 is 0 Å². The average molecular weight is 543 g/mol. The summed E-state index contributed by atoms with van der Waals surface area (Å²) in [7, 11) is 0.225. The molecule has 0 aliphatic heterocycles. The van der Waals surface area contributed by atoms with Crippen LogP contribution in [0, 0.1) is 53.3 Å². The molecule has 0 spiro atoms. The van der Waals surface area contributed by atoms with Gasteiger partial charge in [-0.15, -0.1) is 0 Å². The Labute approximate surface area is 233 Å². The minimum absolute atomic E-state index is 0.0347. The van der Waals surface area contributed by atoms with Crippen LogP contribution in [0.2, 0.25) is 0 Å². The summed E-state index contributed by atoms with van der Waals surface area (Å²) in [5.74, 6) is 10.3. The Hall–Kier alpha value is 0.860. The van der Waals surface area contributed by atoms with Gasteiger partial charge in [-0.25, -0.2) is 0 Å². The third kappa shape index (κ3) is 4.87. The third-order valence-electron chi connectivity index (χ3n) is 13.3. The van der Waals surface area contributed by atoms with E-state index in [2.05, 4.69) is 41.5 Å². The van der Waals surface area contributed by atoms with E-state index in [1.165, 1.54) is 11.3 Å². The van der Waals surface area contributed by atoms with Gasteiger partial charge in [-0.05, 0) is 164 Å². The number of rotatable bonds is 5. The van der Waals surface area contributed by atoms with Crippen LogP contribution < -0.4 is 0 Å². The Kier molecular flexibility index (Phi) is 7.02. The summed E-state index contributed by atoms with van der Waals surface area (Å²) in [4.78, 5) is 0. The lowest BCUT2D eigenvalue weighted by molar-refractivity contribution is 0.0120. The van der Waals surface area contributed by atoms with E-state index in [4.69, 9.17) is 0 Å². The zero-order chi connectivity index (χ0) is 25.7. The first kappa shape index (κ1) is 26.7. The fourth-order valence-electron chi connectivity index (χ4n) is 13.0. The van der Waals surface area contributed by atoms with Gasteiger partial charge in [0, 0.05) is 0 Å². The van der Waals surface area contributed by atoms with E-state index in [0.717, 1.165) is 58.9 Å². The minimum atomic E-state index is 0.0347. The van der Waals surface area contributed by atoms with Crippen LogP contribution in [0.15, 0.2) is 0 Å². The van der Waals surface area contributed by atoms with Gasteiger partial charge in [0.25, 0.3) is 0 Å². The average Bonchev–Trinajstić information content (AvgIpc) is 2.79. The summed E-state index contributed by atoms with van der Waals surface area (Å²) in [5, 5.41) is 0.979. The van der Waals surface area contributed by atoms with Crippen LogP contribution in [-0.4, -0.2) is 33.5 Å². The van der Waals surface area contributed by atoms with Crippen molar-refractivity contribution in [1.29, 1.82) is 0 Å². The summed E-state index contributed by atoms with van der Waals surface area (Å²) in [5.41, 5.74) is 3.54. The Balaban J connectivity index is 1.24. The summed E-state index contributed by atoms with van der Waals surface area (Å²) in [6.07, 6.45) is 24.5. The Bertz CT molecular complexity index is 719. The summed E-state index contributed by atoms with van der Waals surface area (Å²) in [6, 6.07) is 0. The third-order valence-corrected chi connectivity index (χ3v) is 21.9. The minimum Gasteiger partial charge on any atom is -0.0957 e. The van der Waals surface area contributed by atoms with Crippen LogP contribution in [0.3, 0.4) is 0 Å². The van der Waals surface area contributed by atoms with Crippen LogP contribution in [0.4, 0.5) is 0 Å². The molecule has 9 aliphatic carbocycles. The molecule has 0 aromatic heterocycles. The quantitative estimate of drug-likeness (QED) is 0.303. The molecule has 0 nitrogen and oxygen atoms in total. The van der Waals surface area contributed by atoms with Crippen LogP contribution in [0.1, 0.15) is 131 Å². The van der Waals surface area contributed by atoms with Gasteiger partial charge >= 0.3 is 0 Å². The maximum atomic E-state index is 2.60. The van der Waals surface area contributed by atoms with Crippen molar-refractivity contribution in [3.63, 3.8) is 0 Å². The molecule has 0 aromatic carbocycles. The molecule has 8 bridgehead atoms. The van der Waals surface area contributed by atoms with Crippen LogP contribution >= 0.6 is 15.8 Å². The lowest BCUT2D eigenvalue weighted by Gasteiger charge is -2.64. The zero-order valence-corrected chi connectivity index (χ0v) is 27.2. The van der Waals surface area contributed by atoms with Crippen LogP contribution in [0.5, 0.6) is 0 Å². The highest BCUT2D eigenvalue weighted by molar-refractivity contribution is 7.61. The molecule has 9 rings (SSSR count). The van der Waals surface area contributed by atoms with E-state index >= 15 is 0 Å². The van der Waals surface area contributed by atoms with E-state index in [9.17, 15) is 0 Å². The Morgan fingerprint density at radius 1 is 0.514 bits per heavy atom. The van der Waals surface area contributed by atoms with Crippen LogP contribution in [-0.2, 0) is 0 Å². The van der Waals surface area contributed by atoms with Crippen molar-refractivity contribution in [3.8, 4) is 0 Å². The second-order valence-corrected chi connectivity index (χ2v) is 24.5. The zero-order valence-electron chi connectivity index (χ0n) is 25.4. The largest absolute Gasteiger partial charge is 0.0957 e. The summed E-state index contributed by atoms with van der Waals surface area (Å²) in [6.45, 7) is 15.6. The molecule has 0 radical (unpaired) electrons. The van der Waals surface area contributed by atoms with Crippen molar-refractivity contribution < 1.29 is 0 Å².